The van der Waals surface area contributed by atoms with E-state index in [1.807, 2.05) is 9.80 Å². The van der Waals surface area contributed by atoms with Crippen LogP contribution in [0.25, 0.3) is 0 Å². The Bertz CT molecular complexity index is 1100. The van der Waals surface area contributed by atoms with Crippen molar-refractivity contribution in [3.63, 3.8) is 0 Å². The van der Waals surface area contributed by atoms with Gasteiger partial charge in [0, 0.05) is 69.4 Å². The Balaban J connectivity index is 1.32. The Morgan fingerprint density at radius 2 is 1.93 bits per heavy atom. The highest BCUT2D eigenvalue weighted by Crippen LogP contribution is 2.43. The van der Waals surface area contributed by atoms with Gasteiger partial charge in [0.2, 0.25) is 5.91 Å². The summed E-state index contributed by atoms with van der Waals surface area (Å²) in [6.07, 6.45) is 4.53. The third-order valence-corrected chi connectivity index (χ3v) is 11.8. The summed E-state index contributed by atoms with van der Waals surface area (Å²) >= 11 is 0. The topological polar surface area (TPSA) is 98.4 Å². The molecule has 46 heavy (non-hydrogen) atoms. The largest absolute Gasteiger partial charge is 0.381 e. The third kappa shape index (κ3) is 6.70. The van der Waals surface area contributed by atoms with Crippen LogP contribution in [0.1, 0.15) is 65.7 Å². The number of nitrogens with zero attached hydrogens (tertiary/aromatic N) is 3. The predicted octanol–water partition coefficient (Wildman–Crippen LogP) is 3.04. The van der Waals surface area contributed by atoms with Crippen LogP contribution in [0, 0.1) is 23.7 Å². The van der Waals surface area contributed by atoms with Crippen LogP contribution in [-0.4, -0.2) is 128 Å². The van der Waals surface area contributed by atoms with E-state index in [-0.39, 0.29) is 60.3 Å². The number of carbonyl (C=O) groups excluding carboxylic acids is 2. The van der Waals surface area contributed by atoms with Crippen LogP contribution >= 0.6 is 0 Å². The minimum absolute atomic E-state index is 0.0498. The van der Waals surface area contributed by atoms with E-state index in [4.69, 9.17) is 9.47 Å². The van der Waals surface area contributed by atoms with Gasteiger partial charge in [-0.3, -0.25) is 15.0 Å². The summed E-state index contributed by atoms with van der Waals surface area (Å²) in [7, 11) is 1.59. The van der Waals surface area contributed by atoms with Crippen LogP contribution < -0.4 is 16.0 Å². The van der Waals surface area contributed by atoms with Gasteiger partial charge in [-0.15, -0.1) is 0 Å². The molecule has 1 aliphatic carbocycles. The second kappa shape index (κ2) is 14.7. The lowest BCUT2D eigenvalue weighted by Crippen LogP contribution is -2.80. The number of halogens is 2. The van der Waals surface area contributed by atoms with E-state index >= 15 is 8.78 Å². The number of fused-ring (bicyclic) bond motifs is 5. The van der Waals surface area contributed by atoms with Gasteiger partial charge in [-0.25, -0.2) is 13.6 Å². The highest BCUT2D eigenvalue weighted by atomic mass is 19.1. The summed E-state index contributed by atoms with van der Waals surface area (Å²) in [6.45, 7) is 9.85. The van der Waals surface area contributed by atoms with Crippen molar-refractivity contribution in [2.45, 2.75) is 121 Å². The quantitative estimate of drug-likeness (QED) is 0.394. The van der Waals surface area contributed by atoms with E-state index < -0.39 is 36.6 Å². The van der Waals surface area contributed by atoms with E-state index in [9.17, 15) is 9.59 Å². The number of alkyl halides is 2. The lowest BCUT2D eigenvalue weighted by atomic mass is 9.72. The fourth-order valence-corrected chi connectivity index (χ4v) is 9.65. The van der Waals surface area contributed by atoms with Gasteiger partial charge in [0.25, 0.3) is 0 Å². The number of carbonyl (C=O) groups is 2. The fraction of sp³-hybridized carbons (Fsp3) is 0.882. The molecule has 5 saturated heterocycles. The first-order valence-electron chi connectivity index (χ1n) is 17.9. The van der Waals surface area contributed by atoms with Crippen LogP contribution in [0.15, 0.2) is 12.2 Å². The van der Waals surface area contributed by atoms with Gasteiger partial charge in [-0.2, -0.15) is 0 Å². The number of rotatable bonds is 5. The molecule has 6 aliphatic rings. The van der Waals surface area contributed by atoms with E-state index in [0.29, 0.717) is 39.3 Å². The van der Waals surface area contributed by atoms with Crippen molar-refractivity contribution in [3.8, 4) is 0 Å². The van der Waals surface area contributed by atoms with Crippen molar-refractivity contribution in [1.29, 1.82) is 0 Å². The maximum Gasteiger partial charge on any atom is 0.320 e. The molecule has 11 unspecified atom stereocenters. The van der Waals surface area contributed by atoms with E-state index in [2.05, 4.69) is 41.6 Å². The molecule has 3 amide bonds. The Kier molecular flexibility index (Phi) is 10.9. The van der Waals surface area contributed by atoms with Crippen LogP contribution in [0.5, 0.6) is 0 Å². The average Bonchev–Trinajstić information content (AvgIpc) is 3.02. The monoisotopic (exact) mass is 650 g/mol. The van der Waals surface area contributed by atoms with Gasteiger partial charge in [-0.1, -0.05) is 19.9 Å². The molecule has 10 nitrogen and oxygen atoms in total. The molecule has 12 heteroatoms. The highest BCUT2D eigenvalue weighted by Gasteiger charge is 2.57. The molecule has 260 valence electrons. The van der Waals surface area contributed by atoms with Crippen LogP contribution in [0.3, 0.4) is 0 Å². The average molecular weight is 651 g/mol. The molecule has 5 heterocycles. The highest BCUT2D eigenvalue weighted by molar-refractivity contribution is 5.87. The second-order valence-electron chi connectivity index (χ2n) is 14.9. The zero-order chi connectivity index (χ0) is 32.5. The lowest BCUT2D eigenvalue weighted by Gasteiger charge is -2.60. The number of hydrogen-bond acceptors (Lipinski definition) is 7. The molecule has 12 atom stereocenters. The summed E-state index contributed by atoms with van der Waals surface area (Å²) in [6, 6.07) is -0.915. The Hall–Kier alpha value is -1.86. The van der Waals surface area contributed by atoms with E-state index in [0.717, 1.165) is 38.6 Å². The number of ether oxygens (including phenoxy) is 2. The molecule has 0 spiro atoms. The molecule has 0 aromatic heterocycles. The first-order valence-corrected chi connectivity index (χ1v) is 17.9. The maximum atomic E-state index is 16.6. The zero-order valence-electron chi connectivity index (χ0n) is 28.1. The van der Waals surface area contributed by atoms with Crippen molar-refractivity contribution in [3.05, 3.63) is 12.2 Å². The molecule has 2 bridgehead atoms. The van der Waals surface area contributed by atoms with Gasteiger partial charge in [0.1, 0.15) is 12.3 Å². The molecule has 3 N–H and O–H groups in total. The predicted molar refractivity (Wildman–Crippen MR) is 171 cm³/mol. The number of methoxy groups -OCH3 is 1. The summed E-state index contributed by atoms with van der Waals surface area (Å²) in [4.78, 5) is 33.4. The van der Waals surface area contributed by atoms with Crippen molar-refractivity contribution < 1.29 is 27.8 Å². The normalized spacial score (nSPS) is 42.5. The number of nitrogens with one attached hydrogen (secondary N) is 3. The Morgan fingerprint density at radius 1 is 1.11 bits per heavy atom. The molecule has 0 radical (unpaired) electrons. The summed E-state index contributed by atoms with van der Waals surface area (Å²) in [5, 5.41) is 10.7. The minimum atomic E-state index is -1.28. The van der Waals surface area contributed by atoms with Gasteiger partial charge in [0.15, 0.2) is 0 Å². The first-order chi connectivity index (χ1) is 22.2. The SMILES string of the molecule is COC/C=C/C(=O)N1CCN(C2NC(=O)N3C4NC(C(F)CC42)C2C(F)CCCC2OCCCC2CCNC(C(C)C)C23)[C@@H](C)C1. The van der Waals surface area contributed by atoms with E-state index in [1.165, 1.54) is 0 Å². The summed E-state index contributed by atoms with van der Waals surface area (Å²) in [5.41, 5.74) is 0. The molecule has 0 aromatic rings. The zero-order valence-corrected chi connectivity index (χ0v) is 28.1. The molecule has 6 fully saturated rings. The molecular formula is C34H56F2N6O4. The lowest BCUT2D eigenvalue weighted by molar-refractivity contribution is -0.134. The van der Waals surface area contributed by atoms with E-state index in [1.54, 1.807) is 19.3 Å². The van der Waals surface area contributed by atoms with Crippen LogP contribution in [0.2, 0.25) is 0 Å². The summed E-state index contributed by atoms with van der Waals surface area (Å²) in [5.74, 6) is -0.340. The Labute approximate surface area is 273 Å². The van der Waals surface area contributed by atoms with Crippen molar-refractivity contribution in [1.82, 2.24) is 30.7 Å². The van der Waals surface area contributed by atoms with Gasteiger partial charge in [0.05, 0.1) is 31.1 Å². The van der Waals surface area contributed by atoms with Crippen molar-refractivity contribution >= 4 is 11.9 Å². The number of amides is 3. The molecule has 6 rings (SSSR count). The van der Waals surface area contributed by atoms with Gasteiger partial charge in [-0.05, 0) is 70.3 Å². The molecule has 5 aliphatic heterocycles. The van der Waals surface area contributed by atoms with Crippen molar-refractivity contribution in [2.75, 3.05) is 46.5 Å². The maximum absolute atomic E-state index is 16.6. The third-order valence-electron chi connectivity index (χ3n) is 11.8. The number of piperidine rings is 2. The molecule has 1 saturated carbocycles. The smallest absolute Gasteiger partial charge is 0.320 e. The number of piperazine rings is 1. The van der Waals surface area contributed by atoms with Crippen LogP contribution in [0.4, 0.5) is 13.6 Å². The van der Waals surface area contributed by atoms with Gasteiger partial charge >= 0.3 is 6.03 Å². The fourth-order valence-electron chi connectivity index (χ4n) is 9.65. The standard InChI is InChI=1S/C34H56F2N6O4/c1-20(2)29-31-22(12-13-37-29)8-6-17-46-26-10-5-9-24(35)28(26)30-25(36)18-23-32(39-34(44)42(31)33(23)38-30)41-15-14-40(19-21(41)3)27(43)11-7-16-45-4/h7,11,20-26,28-33,37-38H,5-6,8-10,12-19H2,1-4H3,(H,39,44)/b11-7+/t21-,22?,23?,24?,25?,26?,28?,29?,30?,31?,32?,33?/m0/s1. The Morgan fingerprint density at radius 3 is 2.70 bits per heavy atom. The molecule has 0 aromatic carbocycles. The second-order valence-corrected chi connectivity index (χ2v) is 14.9. The first kappa shape index (κ1) is 34.0. The van der Waals surface area contributed by atoms with Crippen molar-refractivity contribution in [2.24, 2.45) is 23.7 Å². The van der Waals surface area contributed by atoms with Gasteiger partial charge < -0.3 is 29.9 Å². The minimum Gasteiger partial charge on any atom is -0.381 e. The summed E-state index contributed by atoms with van der Waals surface area (Å²) < 4.78 is 43.8. The molecular weight excluding hydrogens is 594 g/mol. The number of hydrogen-bond donors (Lipinski definition) is 3. The van der Waals surface area contributed by atoms with Crippen LogP contribution in [-0.2, 0) is 14.3 Å². The number of urea groups is 1.